The molecule has 4 nitrogen and oxygen atoms in total. The van der Waals surface area contributed by atoms with E-state index in [1.54, 1.807) is 0 Å². The molecule has 242 valence electrons. The Hall–Kier alpha value is -6.52. The van der Waals surface area contributed by atoms with Gasteiger partial charge >= 0.3 is 0 Å². The summed E-state index contributed by atoms with van der Waals surface area (Å²) in [5.74, 6) is 1.92. The summed E-state index contributed by atoms with van der Waals surface area (Å²) < 4.78 is 0. The summed E-state index contributed by atoms with van der Waals surface area (Å²) in [5.41, 5.74) is 15.2. The van der Waals surface area contributed by atoms with E-state index in [0.717, 1.165) is 38.9 Å². The van der Waals surface area contributed by atoms with Crippen LogP contribution in [0.2, 0.25) is 0 Å². The smallest absolute Gasteiger partial charge is 0.164 e. The summed E-state index contributed by atoms with van der Waals surface area (Å²) in [6.07, 6.45) is 3.62. The largest absolute Gasteiger partial charge is 0.265 e. The molecule has 51 heavy (non-hydrogen) atoms. The molecule has 0 bridgehead atoms. The van der Waals surface area contributed by atoms with Crippen molar-refractivity contribution >= 4 is 0 Å². The van der Waals surface area contributed by atoms with Crippen LogP contribution in [-0.2, 0) is 5.41 Å². The van der Waals surface area contributed by atoms with E-state index >= 15 is 0 Å². The van der Waals surface area contributed by atoms with Crippen LogP contribution < -0.4 is 0 Å². The molecule has 0 saturated carbocycles. The normalized spacial score (nSPS) is 12.7. The number of hydrogen-bond acceptors (Lipinski definition) is 4. The molecule has 0 fully saturated rings. The van der Waals surface area contributed by atoms with Gasteiger partial charge in [-0.25, -0.2) is 15.0 Å². The van der Waals surface area contributed by atoms with E-state index in [0.29, 0.717) is 17.5 Å². The maximum absolute atomic E-state index is 4.98. The zero-order valence-corrected chi connectivity index (χ0v) is 28.5. The standard InChI is InChI=1S/C47H34N4/c1-47(2)42-14-7-6-13-40(42)41-24-23-39(30-43(41)47)38-12-8-11-37(29-38)32-17-21-36(22-18-32)46-50-44(34-9-4-3-5-10-34)49-45(51-46)35-19-15-31(16-20-35)33-25-27-48-28-26-33/h3-30H,1-2H3. The molecule has 1 aliphatic carbocycles. The predicted molar refractivity (Wildman–Crippen MR) is 208 cm³/mol. The number of fused-ring (bicyclic) bond motifs is 3. The first-order valence-electron chi connectivity index (χ1n) is 17.3. The van der Waals surface area contributed by atoms with E-state index < -0.39 is 0 Å². The van der Waals surface area contributed by atoms with Crippen LogP contribution in [0.3, 0.4) is 0 Å². The molecular formula is C47H34N4. The number of hydrogen-bond donors (Lipinski definition) is 0. The number of rotatable bonds is 6. The molecule has 2 aromatic heterocycles. The van der Waals surface area contributed by atoms with E-state index in [9.17, 15) is 0 Å². The van der Waals surface area contributed by atoms with Crippen molar-refractivity contribution in [3.63, 3.8) is 0 Å². The van der Waals surface area contributed by atoms with Crippen molar-refractivity contribution < 1.29 is 0 Å². The van der Waals surface area contributed by atoms with Crippen LogP contribution in [0.15, 0.2) is 170 Å². The van der Waals surface area contributed by atoms with Gasteiger partial charge in [-0.1, -0.05) is 147 Å². The molecule has 8 aromatic rings. The molecule has 0 amide bonds. The van der Waals surface area contributed by atoms with Gasteiger partial charge in [-0.2, -0.15) is 0 Å². The highest BCUT2D eigenvalue weighted by molar-refractivity contribution is 5.84. The van der Waals surface area contributed by atoms with Crippen LogP contribution in [-0.4, -0.2) is 19.9 Å². The monoisotopic (exact) mass is 654 g/mol. The van der Waals surface area contributed by atoms with Gasteiger partial charge < -0.3 is 0 Å². The predicted octanol–water partition coefficient (Wildman–Crippen LogP) is 11.6. The highest BCUT2D eigenvalue weighted by Crippen LogP contribution is 2.49. The van der Waals surface area contributed by atoms with Gasteiger partial charge in [-0.3, -0.25) is 4.98 Å². The van der Waals surface area contributed by atoms with Crippen LogP contribution in [0, 0.1) is 0 Å². The third kappa shape index (κ3) is 5.61. The van der Waals surface area contributed by atoms with Crippen molar-refractivity contribution in [3.8, 4) is 78.7 Å². The first-order chi connectivity index (χ1) is 25.0. The van der Waals surface area contributed by atoms with Crippen LogP contribution in [0.1, 0.15) is 25.0 Å². The van der Waals surface area contributed by atoms with Gasteiger partial charge in [0.25, 0.3) is 0 Å². The van der Waals surface area contributed by atoms with Crippen molar-refractivity contribution in [3.05, 3.63) is 181 Å². The highest BCUT2D eigenvalue weighted by atomic mass is 15.0. The molecule has 0 saturated heterocycles. The summed E-state index contributed by atoms with van der Waals surface area (Å²) in [6, 6.07) is 55.5. The molecule has 0 aliphatic heterocycles. The molecule has 1 aliphatic rings. The first-order valence-corrected chi connectivity index (χ1v) is 17.3. The zero-order chi connectivity index (χ0) is 34.4. The van der Waals surface area contributed by atoms with Gasteiger partial charge in [0.2, 0.25) is 0 Å². The Kier molecular flexibility index (Phi) is 7.44. The number of nitrogens with zero attached hydrogens (tertiary/aromatic N) is 4. The van der Waals surface area contributed by atoms with E-state index in [-0.39, 0.29) is 5.41 Å². The van der Waals surface area contributed by atoms with Crippen molar-refractivity contribution in [2.45, 2.75) is 19.3 Å². The van der Waals surface area contributed by atoms with Crippen LogP contribution in [0.4, 0.5) is 0 Å². The number of aromatic nitrogens is 4. The molecule has 9 rings (SSSR count). The Morgan fingerprint density at radius 1 is 0.333 bits per heavy atom. The van der Waals surface area contributed by atoms with Crippen molar-refractivity contribution in [1.29, 1.82) is 0 Å². The fourth-order valence-corrected chi connectivity index (χ4v) is 7.28. The van der Waals surface area contributed by atoms with Gasteiger partial charge in [0.05, 0.1) is 0 Å². The quantitative estimate of drug-likeness (QED) is 0.179. The molecule has 0 radical (unpaired) electrons. The molecule has 6 aromatic carbocycles. The van der Waals surface area contributed by atoms with Gasteiger partial charge in [-0.15, -0.1) is 0 Å². The minimum Gasteiger partial charge on any atom is -0.265 e. The summed E-state index contributed by atoms with van der Waals surface area (Å²) in [6.45, 7) is 4.66. The Bertz CT molecular complexity index is 2520. The Balaban J connectivity index is 1.04. The lowest BCUT2D eigenvalue weighted by Gasteiger charge is -2.22. The van der Waals surface area contributed by atoms with E-state index in [2.05, 4.69) is 134 Å². The molecule has 0 atom stereocenters. The molecular weight excluding hydrogens is 621 g/mol. The second-order valence-electron chi connectivity index (χ2n) is 13.6. The Labute approximate surface area is 298 Å². The van der Waals surface area contributed by atoms with E-state index in [4.69, 9.17) is 15.0 Å². The minimum atomic E-state index is -0.0336. The van der Waals surface area contributed by atoms with E-state index in [1.165, 1.54) is 33.4 Å². The van der Waals surface area contributed by atoms with Gasteiger partial charge in [0.1, 0.15) is 0 Å². The lowest BCUT2D eigenvalue weighted by Crippen LogP contribution is -2.14. The zero-order valence-electron chi connectivity index (χ0n) is 28.5. The summed E-state index contributed by atoms with van der Waals surface area (Å²) in [4.78, 5) is 19.0. The number of pyridine rings is 1. The van der Waals surface area contributed by atoms with Crippen LogP contribution in [0.5, 0.6) is 0 Å². The lowest BCUT2D eigenvalue weighted by atomic mass is 9.81. The fourth-order valence-electron chi connectivity index (χ4n) is 7.28. The second kappa shape index (κ2) is 12.4. The third-order valence-corrected chi connectivity index (χ3v) is 10.1. The second-order valence-corrected chi connectivity index (χ2v) is 13.6. The summed E-state index contributed by atoms with van der Waals surface area (Å²) in [5, 5.41) is 0. The maximum atomic E-state index is 4.98. The van der Waals surface area contributed by atoms with Crippen LogP contribution in [0.25, 0.3) is 78.7 Å². The molecule has 2 heterocycles. The Morgan fingerprint density at radius 2 is 0.765 bits per heavy atom. The van der Waals surface area contributed by atoms with Gasteiger partial charge in [0, 0.05) is 34.5 Å². The minimum absolute atomic E-state index is 0.0336. The molecule has 0 unspecified atom stereocenters. The summed E-state index contributed by atoms with van der Waals surface area (Å²) in [7, 11) is 0. The first kappa shape index (κ1) is 30.5. The van der Waals surface area contributed by atoms with Gasteiger partial charge in [-0.05, 0) is 79.9 Å². The lowest BCUT2D eigenvalue weighted by molar-refractivity contribution is 0.660. The Morgan fingerprint density at radius 3 is 1.41 bits per heavy atom. The highest BCUT2D eigenvalue weighted by Gasteiger charge is 2.35. The summed E-state index contributed by atoms with van der Waals surface area (Å²) >= 11 is 0. The van der Waals surface area contributed by atoms with Gasteiger partial charge in [0.15, 0.2) is 17.5 Å². The van der Waals surface area contributed by atoms with Crippen molar-refractivity contribution in [2.75, 3.05) is 0 Å². The fraction of sp³-hybridized carbons (Fsp3) is 0.0638. The SMILES string of the molecule is CC1(C)c2ccccc2-c2ccc(-c3cccc(-c4ccc(-c5nc(-c6ccccc6)nc(-c6ccc(-c7ccncc7)cc6)n5)cc4)c3)cc21. The van der Waals surface area contributed by atoms with E-state index in [1.807, 2.05) is 54.9 Å². The molecule has 0 spiro atoms. The number of benzene rings is 6. The van der Waals surface area contributed by atoms with Crippen molar-refractivity contribution in [2.24, 2.45) is 0 Å². The van der Waals surface area contributed by atoms with Crippen molar-refractivity contribution in [1.82, 2.24) is 19.9 Å². The van der Waals surface area contributed by atoms with Crippen LogP contribution >= 0.6 is 0 Å². The molecule has 4 heteroatoms. The molecule has 0 N–H and O–H groups in total. The topological polar surface area (TPSA) is 51.6 Å². The average molecular weight is 655 g/mol. The third-order valence-electron chi connectivity index (χ3n) is 10.1. The maximum Gasteiger partial charge on any atom is 0.164 e. The average Bonchev–Trinajstić information content (AvgIpc) is 3.44.